The average Bonchev–Trinajstić information content (AvgIpc) is 3.32. The number of ether oxygens (including phenoxy) is 1. The molecule has 0 aliphatic carbocycles. The van der Waals surface area contributed by atoms with E-state index in [0.29, 0.717) is 10.8 Å². The molecule has 3 rings (SSSR count). The minimum Gasteiger partial charge on any atom is -0.461 e. The van der Waals surface area contributed by atoms with Gasteiger partial charge in [0.1, 0.15) is 5.01 Å². The van der Waals surface area contributed by atoms with Gasteiger partial charge in [-0.05, 0) is 18.9 Å². The number of aryl methyl sites for hydroxylation is 1. The van der Waals surface area contributed by atoms with Gasteiger partial charge < -0.3 is 10.1 Å². The number of hydrogen-bond donors (Lipinski definition) is 1. The fraction of sp³-hybridized carbons (Fsp3) is 0.263. The molecule has 27 heavy (non-hydrogen) atoms. The smallest absolute Gasteiger partial charge is 0.357 e. The van der Waals surface area contributed by atoms with Crippen molar-refractivity contribution in [3.05, 3.63) is 52.0 Å². The molecule has 0 fully saturated rings. The number of nitrogens with zero attached hydrogens (tertiary/aromatic N) is 2. The van der Waals surface area contributed by atoms with Gasteiger partial charge in [-0.15, -0.1) is 22.7 Å². The predicted molar refractivity (Wildman–Crippen MR) is 107 cm³/mol. The molecule has 0 radical (unpaired) electrons. The molecule has 0 saturated carbocycles. The maximum atomic E-state index is 12.2. The van der Waals surface area contributed by atoms with Crippen molar-refractivity contribution in [1.82, 2.24) is 9.97 Å². The molecule has 0 aliphatic heterocycles. The van der Waals surface area contributed by atoms with Crippen molar-refractivity contribution in [3.63, 3.8) is 0 Å². The zero-order valence-corrected chi connectivity index (χ0v) is 16.7. The van der Waals surface area contributed by atoms with E-state index >= 15 is 0 Å². The highest BCUT2D eigenvalue weighted by Gasteiger charge is 2.14. The molecule has 1 amide bonds. The van der Waals surface area contributed by atoms with E-state index in [4.69, 9.17) is 4.74 Å². The van der Waals surface area contributed by atoms with Crippen molar-refractivity contribution < 1.29 is 14.3 Å². The summed E-state index contributed by atoms with van der Waals surface area (Å²) in [7, 11) is 0. The zero-order chi connectivity index (χ0) is 19.2. The number of anilines is 1. The standard InChI is InChI=1S/C19H19N3O3S2/c1-3-12-5-7-13(8-6-12)17-20-14(10-26-17)9-16(23)22-19-21-15(11-27-19)18(24)25-4-2/h5-8,10-11H,3-4,9H2,1-2H3,(H,21,22,23). The lowest BCUT2D eigenvalue weighted by Gasteiger charge is -2.00. The topological polar surface area (TPSA) is 81.2 Å². The number of benzene rings is 1. The summed E-state index contributed by atoms with van der Waals surface area (Å²) in [6, 6.07) is 8.28. The molecule has 1 N–H and O–H groups in total. The first-order valence-corrected chi connectivity index (χ1v) is 10.3. The molecule has 0 spiro atoms. The third-order valence-electron chi connectivity index (χ3n) is 3.74. The van der Waals surface area contributed by atoms with Gasteiger partial charge in [-0.1, -0.05) is 31.2 Å². The molecule has 2 heterocycles. The quantitative estimate of drug-likeness (QED) is 0.601. The van der Waals surface area contributed by atoms with Crippen molar-refractivity contribution in [1.29, 1.82) is 0 Å². The average molecular weight is 402 g/mol. The van der Waals surface area contributed by atoms with E-state index in [2.05, 4.69) is 34.3 Å². The summed E-state index contributed by atoms with van der Waals surface area (Å²) in [6.07, 6.45) is 1.15. The van der Waals surface area contributed by atoms with Crippen LogP contribution in [0.25, 0.3) is 10.6 Å². The van der Waals surface area contributed by atoms with Gasteiger partial charge in [0.05, 0.1) is 18.7 Å². The minimum absolute atomic E-state index is 0.151. The number of thiazole rings is 2. The lowest BCUT2D eigenvalue weighted by atomic mass is 10.1. The van der Waals surface area contributed by atoms with E-state index in [1.807, 2.05) is 17.5 Å². The normalized spacial score (nSPS) is 10.6. The summed E-state index contributed by atoms with van der Waals surface area (Å²) in [5.41, 5.74) is 3.22. The largest absolute Gasteiger partial charge is 0.461 e. The summed E-state index contributed by atoms with van der Waals surface area (Å²) in [5, 5.41) is 7.40. The molecule has 140 valence electrons. The minimum atomic E-state index is -0.493. The Morgan fingerprint density at radius 3 is 2.56 bits per heavy atom. The van der Waals surface area contributed by atoms with Gasteiger partial charge in [0.25, 0.3) is 0 Å². The van der Waals surface area contributed by atoms with E-state index in [-0.39, 0.29) is 24.6 Å². The maximum absolute atomic E-state index is 12.2. The highest BCUT2D eigenvalue weighted by molar-refractivity contribution is 7.14. The van der Waals surface area contributed by atoms with Crippen LogP contribution in [0.3, 0.4) is 0 Å². The second kappa shape index (κ2) is 8.88. The van der Waals surface area contributed by atoms with Gasteiger partial charge >= 0.3 is 5.97 Å². The molecule has 0 bridgehead atoms. The van der Waals surface area contributed by atoms with Crippen molar-refractivity contribution in [2.45, 2.75) is 26.7 Å². The molecule has 0 aliphatic rings. The highest BCUT2D eigenvalue weighted by Crippen LogP contribution is 2.24. The van der Waals surface area contributed by atoms with Crippen LogP contribution in [0.2, 0.25) is 0 Å². The lowest BCUT2D eigenvalue weighted by molar-refractivity contribution is -0.115. The number of carbonyl (C=O) groups excluding carboxylic acids is 2. The Morgan fingerprint density at radius 2 is 1.85 bits per heavy atom. The zero-order valence-electron chi connectivity index (χ0n) is 15.0. The van der Waals surface area contributed by atoms with E-state index in [1.54, 1.807) is 12.3 Å². The second-order valence-electron chi connectivity index (χ2n) is 5.68. The molecular formula is C19H19N3O3S2. The van der Waals surface area contributed by atoms with Gasteiger partial charge in [0.2, 0.25) is 5.91 Å². The molecule has 0 saturated heterocycles. The predicted octanol–water partition coefficient (Wildman–Crippen LogP) is 4.19. The second-order valence-corrected chi connectivity index (χ2v) is 7.39. The maximum Gasteiger partial charge on any atom is 0.357 e. The Morgan fingerprint density at radius 1 is 1.07 bits per heavy atom. The molecule has 6 nitrogen and oxygen atoms in total. The number of nitrogens with one attached hydrogen (secondary N) is 1. The molecule has 0 unspecified atom stereocenters. The first kappa shape index (κ1) is 19.2. The van der Waals surface area contributed by atoms with Gasteiger partial charge in [0.15, 0.2) is 10.8 Å². The number of rotatable bonds is 7. The number of hydrogen-bond acceptors (Lipinski definition) is 7. The van der Waals surface area contributed by atoms with E-state index < -0.39 is 5.97 Å². The van der Waals surface area contributed by atoms with Crippen LogP contribution in [0.15, 0.2) is 35.0 Å². The van der Waals surface area contributed by atoms with Gasteiger partial charge in [-0.3, -0.25) is 4.79 Å². The van der Waals surface area contributed by atoms with Crippen LogP contribution in [0.4, 0.5) is 5.13 Å². The number of carbonyl (C=O) groups is 2. The first-order chi connectivity index (χ1) is 13.1. The van der Waals surface area contributed by atoms with Crippen molar-refractivity contribution in [3.8, 4) is 10.6 Å². The van der Waals surface area contributed by atoms with Crippen LogP contribution in [0.5, 0.6) is 0 Å². The Labute approximate surface area is 165 Å². The highest BCUT2D eigenvalue weighted by atomic mass is 32.1. The SMILES string of the molecule is CCOC(=O)c1csc(NC(=O)Cc2csc(-c3ccc(CC)cc3)n2)n1. The van der Waals surface area contributed by atoms with Crippen LogP contribution >= 0.6 is 22.7 Å². The fourth-order valence-corrected chi connectivity index (χ4v) is 3.88. The van der Waals surface area contributed by atoms with Crippen LogP contribution in [0.1, 0.15) is 35.6 Å². The Balaban J connectivity index is 1.60. The summed E-state index contributed by atoms with van der Waals surface area (Å²) >= 11 is 2.70. The van der Waals surface area contributed by atoms with Gasteiger partial charge in [-0.2, -0.15) is 0 Å². The van der Waals surface area contributed by atoms with E-state index in [1.165, 1.54) is 28.2 Å². The Bertz CT molecular complexity index is 932. The van der Waals surface area contributed by atoms with Crippen LogP contribution in [0, 0.1) is 0 Å². The first-order valence-electron chi connectivity index (χ1n) is 8.55. The van der Waals surface area contributed by atoms with E-state index in [9.17, 15) is 9.59 Å². The lowest BCUT2D eigenvalue weighted by Crippen LogP contribution is -2.15. The van der Waals surface area contributed by atoms with Crippen molar-refractivity contribution in [2.24, 2.45) is 0 Å². The molecule has 8 heteroatoms. The molecule has 2 aromatic heterocycles. The van der Waals surface area contributed by atoms with Crippen LogP contribution in [-0.2, 0) is 22.4 Å². The van der Waals surface area contributed by atoms with Crippen LogP contribution in [-0.4, -0.2) is 28.5 Å². The van der Waals surface area contributed by atoms with Crippen molar-refractivity contribution in [2.75, 3.05) is 11.9 Å². The fourth-order valence-electron chi connectivity index (χ4n) is 2.36. The number of aromatic nitrogens is 2. The summed E-state index contributed by atoms with van der Waals surface area (Å²) in [6.45, 7) is 4.13. The Kier molecular flexibility index (Phi) is 6.31. The number of amides is 1. The molecule has 0 atom stereocenters. The van der Waals surface area contributed by atoms with Gasteiger partial charge in [-0.25, -0.2) is 14.8 Å². The van der Waals surface area contributed by atoms with Crippen molar-refractivity contribution >= 4 is 39.7 Å². The third-order valence-corrected chi connectivity index (χ3v) is 5.44. The monoisotopic (exact) mass is 401 g/mol. The van der Waals surface area contributed by atoms with Gasteiger partial charge in [0, 0.05) is 16.3 Å². The van der Waals surface area contributed by atoms with E-state index in [0.717, 1.165) is 17.0 Å². The summed E-state index contributed by atoms with van der Waals surface area (Å²) in [4.78, 5) is 32.4. The number of esters is 1. The molecular weight excluding hydrogens is 382 g/mol. The van der Waals surface area contributed by atoms with Crippen LogP contribution < -0.4 is 5.32 Å². The molecule has 3 aromatic rings. The Hall–Kier alpha value is -2.58. The molecule has 1 aromatic carbocycles. The summed E-state index contributed by atoms with van der Waals surface area (Å²) in [5.74, 6) is -0.717. The third kappa shape index (κ3) is 4.99. The summed E-state index contributed by atoms with van der Waals surface area (Å²) < 4.78 is 4.89.